The molecule has 148 valence electrons. The molecule has 1 fully saturated rings. The third kappa shape index (κ3) is 3.98. The standard InChI is InChI=1S/C19H23N5O4/c1-13(25)24-9-8-22(12-16(24)18(20)26)19(27)14-4-5-17(28-2)15(10-14)11-23-7-3-6-21-23/h3-7,10,16H,8-9,11-12H2,1-2H3,(H2,20,26). The van der Waals surface area contributed by atoms with E-state index < -0.39 is 11.9 Å². The number of primary amides is 1. The maximum atomic E-state index is 13.0. The fraction of sp³-hybridized carbons (Fsp3) is 0.368. The van der Waals surface area contributed by atoms with Gasteiger partial charge in [-0.25, -0.2) is 0 Å². The van der Waals surface area contributed by atoms with Gasteiger partial charge in [-0.2, -0.15) is 5.10 Å². The van der Waals surface area contributed by atoms with Crippen LogP contribution in [0.2, 0.25) is 0 Å². The third-order valence-electron chi connectivity index (χ3n) is 4.82. The number of piperazine rings is 1. The van der Waals surface area contributed by atoms with Gasteiger partial charge >= 0.3 is 0 Å². The minimum atomic E-state index is -0.822. The number of methoxy groups -OCH3 is 1. The molecule has 0 aliphatic carbocycles. The highest BCUT2D eigenvalue weighted by Crippen LogP contribution is 2.23. The van der Waals surface area contributed by atoms with Crippen molar-refractivity contribution >= 4 is 17.7 Å². The number of amides is 3. The molecule has 0 bridgehead atoms. The molecule has 3 amide bonds. The Labute approximate surface area is 162 Å². The molecule has 9 nitrogen and oxygen atoms in total. The molecule has 1 unspecified atom stereocenters. The molecule has 1 atom stereocenters. The zero-order chi connectivity index (χ0) is 20.3. The number of hydrogen-bond acceptors (Lipinski definition) is 5. The molecule has 0 spiro atoms. The molecule has 1 aromatic heterocycles. The second-order valence-electron chi connectivity index (χ2n) is 6.61. The van der Waals surface area contributed by atoms with Gasteiger partial charge in [-0.3, -0.25) is 19.1 Å². The highest BCUT2D eigenvalue weighted by molar-refractivity contribution is 5.96. The Morgan fingerprint density at radius 3 is 2.68 bits per heavy atom. The van der Waals surface area contributed by atoms with Crippen molar-refractivity contribution in [2.75, 3.05) is 26.7 Å². The maximum absolute atomic E-state index is 13.0. The van der Waals surface area contributed by atoms with E-state index in [1.54, 1.807) is 41.1 Å². The summed E-state index contributed by atoms with van der Waals surface area (Å²) in [5.41, 5.74) is 6.72. The third-order valence-corrected chi connectivity index (χ3v) is 4.82. The SMILES string of the molecule is COc1ccc(C(=O)N2CCN(C(C)=O)C(C(N)=O)C2)cc1Cn1cccn1. The number of nitrogens with zero attached hydrogens (tertiary/aromatic N) is 4. The van der Waals surface area contributed by atoms with Gasteiger partial charge in [-0.1, -0.05) is 0 Å². The number of ether oxygens (including phenoxy) is 1. The van der Waals surface area contributed by atoms with Crippen molar-refractivity contribution in [1.82, 2.24) is 19.6 Å². The quantitative estimate of drug-likeness (QED) is 0.785. The fourth-order valence-electron chi connectivity index (χ4n) is 3.37. The zero-order valence-electron chi connectivity index (χ0n) is 15.9. The van der Waals surface area contributed by atoms with Gasteiger partial charge < -0.3 is 20.3 Å². The molecule has 2 N–H and O–H groups in total. The van der Waals surface area contributed by atoms with Gasteiger partial charge in [0.1, 0.15) is 11.8 Å². The Kier molecular flexibility index (Phi) is 5.62. The number of carbonyl (C=O) groups excluding carboxylic acids is 3. The van der Waals surface area contributed by atoms with Crippen LogP contribution in [-0.2, 0) is 16.1 Å². The van der Waals surface area contributed by atoms with Crippen molar-refractivity contribution in [3.05, 3.63) is 47.8 Å². The van der Waals surface area contributed by atoms with Gasteiger partial charge in [0, 0.05) is 43.5 Å². The minimum absolute atomic E-state index is 0.0776. The van der Waals surface area contributed by atoms with Crippen molar-refractivity contribution in [2.24, 2.45) is 5.73 Å². The molecule has 2 heterocycles. The second-order valence-corrected chi connectivity index (χ2v) is 6.61. The van der Waals surface area contributed by atoms with Crippen LogP contribution in [-0.4, -0.2) is 70.1 Å². The number of carbonyl (C=O) groups is 3. The van der Waals surface area contributed by atoms with Gasteiger partial charge in [-0.05, 0) is 24.3 Å². The molecule has 9 heteroatoms. The van der Waals surface area contributed by atoms with E-state index in [-0.39, 0.29) is 24.9 Å². The van der Waals surface area contributed by atoms with Crippen molar-refractivity contribution in [3.8, 4) is 5.75 Å². The van der Waals surface area contributed by atoms with Gasteiger partial charge in [0.2, 0.25) is 11.8 Å². The Balaban J connectivity index is 1.82. The molecule has 3 rings (SSSR count). The molecule has 0 saturated carbocycles. The van der Waals surface area contributed by atoms with Gasteiger partial charge in [0.15, 0.2) is 0 Å². The van der Waals surface area contributed by atoms with Crippen molar-refractivity contribution in [2.45, 2.75) is 19.5 Å². The lowest BCUT2D eigenvalue weighted by atomic mass is 10.1. The summed E-state index contributed by atoms with van der Waals surface area (Å²) in [5, 5.41) is 4.18. The maximum Gasteiger partial charge on any atom is 0.254 e. The Morgan fingerprint density at radius 2 is 2.07 bits per heavy atom. The molecular weight excluding hydrogens is 362 g/mol. The lowest BCUT2D eigenvalue weighted by Gasteiger charge is -2.39. The number of rotatable bonds is 5. The molecular formula is C19H23N5O4. The van der Waals surface area contributed by atoms with Crippen LogP contribution in [0.1, 0.15) is 22.8 Å². The van der Waals surface area contributed by atoms with E-state index in [2.05, 4.69) is 5.10 Å². The molecule has 1 aromatic carbocycles. The van der Waals surface area contributed by atoms with E-state index in [9.17, 15) is 14.4 Å². The molecule has 1 aliphatic heterocycles. The number of benzene rings is 1. The average molecular weight is 385 g/mol. The molecule has 1 aliphatic rings. The van der Waals surface area contributed by atoms with Crippen molar-refractivity contribution in [3.63, 3.8) is 0 Å². The van der Waals surface area contributed by atoms with Crippen LogP contribution >= 0.6 is 0 Å². The van der Waals surface area contributed by atoms with Crippen LogP contribution in [0.25, 0.3) is 0 Å². The predicted molar refractivity (Wildman–Crippen MR) is 101 cm³/mol. The Hall–Kier alpha value is -3.36. The fourth-order valence-corrected chi connectivity index (χ4v) is 3.37. The normalized spacial score (nSPS) is 16.7. The largest absolute Gasteiger partial charge is 0.496 e. The van der Waals surface area contributed by atoms with Crippen LogP contribution in [0.3, 0.4) is 0 Å². The van der Waals surface area contributed by atoms with E-state index in [1.807, 2.05) is 12.3 Å². The number of aromatic nitrogens is 2. The lowest BCUT2D eigenvalue weighted by molar-refractivity contribution is -0.140. The average Bonchev–Trinajstić information content (AvgIpc) is 3.19. The van der Waals surface area contributed by atoms with E-state index in [0.29, 0.717) is 24.4 Å². The van der Waals surface area contributed by atoms with Gasteiger partial charge in [0.25, 0.3) is 5.91 Å². The van der Waals surface area contributed by atoms with Crippen LogP contribution < -0.4 is 10.5 Å². The summed E-state index contributed by atoms with van der Waals surface area (Å²) in [6, 6.07) is 6.18. The Morgan fingerprint density at radius 1 is 1.29 bits per heavy atom. The lowest BCUT2D eigenvalue weighted by Crippen LogP contribution is -2.60. The summed E-state index contributed by atoms with van der Waals surface area (Å²) in [6.45, 7) is 2.53. The van der Waals surface area contributed by atoms with Gasteiger partial charge in [-0.15, -0.1) is 0 Å². The van der Waals surface area contributed by atoms with E-state index in [0.717, 1.165) is 5.56 Å². The topological polar surface area (TPSA) is 111 Å². The first-order valence-electron chi connectivity index (χ1n) is 8.91. The summed E-state index contributed by atoms with van der Waals surface area (Å²) in [4.78, 5) is 39.4. The van der Waals surface area contributed by atoms with E-state index >= 15 is 0 Å². The first-order valence-corrected chi connectivity index (χ1v) is 8.91. The number of hydrogen-bond donors (Lipinski definition) is 1. The summed E-state index contributed by atoms with van der Waals surface area (Å²) in [5.74, 6) is -0.425. The summed E-state index contributed by atoms with van der Waals surface area (Å²) >= 11 is 0. The molecule has 2 aromatic rings. The first kappa shape index (κ1) is 19.4. The van der Waals surface area contributed by atoms with Crippen molar-refractivity contribution in [1.29, 1.82) is 0 Å². The van der Waals surface area contributed by atoms with Crippen LogP contribution in [0.5, 0.6) is 5.75 Å². The van der Waals surface area contributed by atoms with Crippen molar-refractivity contribution < 1.29 is 19.1 Å². The molecule has 0 radical (unpaired) electrons. The van der Waals surface area contributed by atoms with E-state index in [1.165, 1.54) is 11.8 Å². The second kappa shape index (κ2) is 8.12. The molecule has 1 saturated heterocycles. The van der Waals surface area contributed by atoms with Crippen LogP contribution in [0.4, 0.5) is 0 Å². The minimum Gasteiger partial charge on any atom is -0.496 e. The van der Waals surface area contributed by atoms with E-state index in [4.69, 9.17) is 10.5 Å². The predicted octanol–water partition coefficient (Wildman–Crippen LogP) is 0.0982. The van der Waals surface area contributed by atoms with Crippen LogP contribution in [0.15, 0.2) is 36.7 Å². The summed E-state index contributed by atoms with van der Waals surface area (Å²) in [7, 11) is 1.57. The molecule has 28 heavy (non-hydrogen) atoms. The summed E-state index contributed by atoms with van der Waals surface area (Å²) < 4.78 is 7.13. The highest BCUT2D eigenvalue weighted by atomic mass is 16.5. The van der Waals surface area contributed by atoms with Gasteiger partial charge in [0.05, 0.1) is 20.2 Å². The van der Waals surface area contributed by atoms with Crippen LogP contribution in [0, 0.1) is 0 Å². The first-order chi connectivity index (χ1) is 13.4. The monoisotopic (exact) mass is 385 g/mol. The smallest absolute Gasteiger partial charge is 0.254 e. The number of nitrogens with two attached hydrogens (primary N) is 1. The Bertz CT molecular complexity index is 880. The zero-order valence-corrected chi connectivity index (χ0v) is 15.9. The summed E-state index contributed by atoms with van der Waals surface area (Å²) in [6.07, 6.45) is 3.51. The highest BCUT2D eigenvalue weighted by Gasteiger charge is 2.34.